The molecule has 0 radical (unpaired) electrons. The van der Waals surface area contributed by atoms with Gasteiger partial charge in [0, 0.05) is 38.3 Å². The summed E-state index contributed by atoms with van der Waals surface area (Å²) >= 11 is 0. The van der Waals surface area contributed by atoms with Crippen LogP contribution in [0.3, 0.4) is 0 Å². The van der Waals surface area contributed by atoms with Gasteiger partial charge in [-0.1, -0.05) is 24.3 Å². The lowest BCUT2D eigenvalue weighted by atomic mass is 10.1. The van der Waals surface area contributed by atoms with E-state index in [-0.39, 0.29) is 12.1 Å². The van der Waals surface area contributed by atoms with Gasteiger partial charge in [0.25, 0.3) is 0 Å². The van der Waals surface area contributed by atoms with Gasteiger partial charge in [-0.25, -0.2) is 0 Å². The quantitative estimate of drug-likeness (QED) is 0.544. The molecule has 1 aromatic carbocycles. The lowest BCUT2D eigenvalue weighted by Gasteiger charge is -2.13. The van der Waals surface area contributed by atoms with Crippen LogP contribution >= 0.6 is 0 Å². The van der Waals surface area contributed by atoms with Gasteiger partial charge in [-0.15, -0.1) is 0 Å². The molecule has 0 saturated heterocycles. The van der Waals surface area contributed by atoms with Crippen molar-refractivity contribution in [1.29, 1.82) is 0 Å². The molecule has 18 heavy (non-hydrogen) atoms. The Hall–Kier alpha value is -0.940. The van der Waals surface area contributed by atoms with Crippen molar-refractivity contribution in [2.45, 2.75) is 39.0 Å². The predicted octanol–water partition coefficient (Wildman–Crippen LogP) is 0.560. The molecule has 0 aliphatic heterocycles. The van der Waals surface area contributed by atoms with Crippen LogP contribution in [0.15, 0.2) is 24.3 Å². The average Bonchev–Trinajstić information content (AvgIpc) is 2.30. The molecule has 2 atom stereocenters. The number of nitrogens with one attached hydrogen (secondary N) is 2. The summed E-state index contributed by atoms with van der Waals surface area (Å²) in [6, 6.07) is 8.81. The Balaban J connectivity index is 2.45. The maximum atomic E-state index is 5.72. The van der Waals surface area contributed by atoms with E-state index in [4.69, 9.17) is 11.5 Å². The molecule has 102 valence electrons. The highest BCUT2D eigenvalue weighted by molar-refractivity contribution is 5.26. The minimum absolute atomic E-state index is 0.188. The second-order valence-electron chi connectivity index (χ2n) is 4.99. The van der Waals surface area contributed by atoms with Crippen LogP contribution in [0.2, 0.25) is 0 Å². The zero-order chi connectivity index (χ0) is 13.4. The molecule has 0 amide bonds. The van der Waals surface area contributed by atoms with Crippen molar-refractivity contribution in [1.82, 2.24) is 10.6 Å². The van der Waals surface area contributed by atoms with Crippen LogP contribution in [0.5, 0.6) is 0 Å². The van der Waals surface area contributed by atoms with E-state index in [0.29, 0.717) is 0 Å². The molecule has 4 nitrogen and oxygen atoms in total. The highest BCUT2D eigenvalue weighted by Crippen LogP contribution is 2.08. The molecule has 0 bridgehead atoms. The smallest absolute Gasteiger partial charge is 0.0209 e. The van der Waals surface area contributed by atoms with Gasteiger partial charge in [-0.2, -0.15) is 0 Å². The van der Waals surface area contributed by atoms with Crippen LogP contribution in [0.25, 0.3) is 0 Å². The molecule has 1 rings (SSSR count). The topological polar surface area (TPSA) is 76.1 Å². The van der Waals surface area contributed by atoms with Gasteiger partial charge < -0.3 is 22.1 Å². The molecule has 0 aliphatic rings. The summed E-state index contributed by atoms with van der Waals surface area (Å²) in [4.78, 5) is 0. The van der Waals surface area contributed by atoms with E-state index in [0.717, 1.165) is 26.2 Å². The lowest BCUT2D eigenvalue weighted by Crippen LogP contribution is -2.32. The zero-order valence-electron chi connectivity index (χ0n) is 11.4. The van der Waals surface area contributed by atoms with Crippen LogP contribution in [-0.4, -0.2) is 25.2 Å². The molecule has 1 aromatic rings. The van der Waals surface area contributed by atoms with E-state index in [1.54, 1.807) is 0 Å². The molecule has 0 saturated carbocycles. The molecule has 6 N–H and O–H groups in total. The fourth-order valence-electron chi connectivity index (χ4n) is 1.77. The van der Waals surface area contributed by atoms with Gasteiger partial charge in [0.2, 0.25) is 0 Å². The standard InChI is InChI=1S/C14H26N4/c1-11(15)7-17-9-13-5-3-4-6-14(13)10-18-8-12(2)16/h3-6,11-12,17-18H,7-10,15-16H2,1-2H3. The number of benzene rings is 1. The van der Waals surface area contributed by atoms with Crippen molar-refractivity contribution in [2.75, 3.05) is 13.1 Å². The second-order valence-corrected chi connectivity index (χ2v) is 4.99. The number of rotatable bonds is 8. The van der Waals surface area contributed by atoms with Crippen LogP contribution < -0.4 is 22.1 Å². The maximum absolute atomic E-state index is 5.72. The normalized spacial score (nSPS) is 14.4. The molecule has 0 heterocycles. The van der Waals surface area contributed by atoms with Gasteiger partial charge in [-0.3, -0.25) is 0 Å². The Bertz CT molecular complexity index is 303. The van der Waals surface area contributed by atoms with E-state index in [2.05, 4.69) is 34.9 Å². The maximum Gasteiger partial charge on any atom is 0.0209 e. The number of hydrogen-bond acceptors (Lipinski definition) is 4. The first-order valence-electron chi connectivity index (χ1n) is 6.59. The Morgan fingerprint density at radius 1 is 0.889 bits per heavy atom. The van der Waals surface area contributed by atoms with Gasteiger partial charge in [0.15, 0.2) is 0 Å². The minimum Gasteiger partial charge on any atom is -0.327 e. The Morgan fingerprint density at radius 2 is 1.28 bits per heavy atom. The first kappa shape index (κ1) is 15.1. The Morgan fingerprint density at radius 3 is 1.61 bits per heavy atom. The molecule has 0 spiro atoms. The van der Waals surface area contributed by atoms with Crippen molar-refractivity contribution in [3.8, 4) is 0 Å². The van der Waals surface area contributed by atoms with Gasteiger partial charge >= 0.3 is 0 Å². The Kier molecular flexibility index (Phi) is 6.90. The van der Waals surface area contributed by atoms with E-state index in [1.165, 1.54) is 11.1 Å². The fraction of sp³-hybridized carbons (Fsp3) is 0.571. The summed E-state index contributed by atoms with van der Waals surface area (Å²) in [7, 11) is 0. The second kappa shape index (κ2) is 8.21. The van der Waals surface area contributed by atoms with Crippen LogP contribution in [0, 0.1) is 0 Å². The summed E-state index contributed by atoms with van der Waals surface area (Å²) in [6.07, 6.45) is 0. The summed E-state index contributed by atoms with van der Waals surface area (Å²) in [5.74, 6) is 0. The van der Waals surface area contributed by atoms with Crippen molar-refractivity contribution >= 4 is 0 Å². The summed E-state index contributed by atoms with van der Waals surface area (Å²) in [6.45, 7) is 7.39. The van der Waals surface area contributed by atoms with E-state index in [1.807, 2.05) is 13.8 Å². The monoisotopic (exact) mass is 250 g/mol. The molecule has 2 unspecified atom stereocenters. The largest absolute Gasteiger partial charge is 0.327 e. The summed E-state index contributed by atoms with van der Waals surface area (Å²) < 4.78 is 0. The van der Waals surface area contributed by atoms with Crippen LogP contribution in [0.4, 0.5) is 0 Å². The molecule has 0 aromatic heterocycles. The van der Waals surface area contributed by atoms with Crippen LogP contribution in [0.1, 0.15) is 25.0 Å². The van der Waals surface area contributed by atoms with Crippen molar-refractivity contribution in [2.24, 2.45) is 11.5 Å². The first-order chi connectivity index (χ1) is 8.59. The summed E-state index contributed by atoms with van der Waals surface area (Å²) in [5, 5.41) is 6.73. The minimum atomic E-state index is 0.188. The van der Waals surface area contributed by atoms with E-state index >= 15 is 0 Å². The molecule has 0 fully saturated rings. The third-order valence-electron chi connectivity index (χ3n) is 2.68. The first-order valence-corrected chi connectivity index (χ1v) is 6.59. The molecule has 0 aliphatic carbocycles. The van der Waals surface area contributed by atoms with Crippen molar-refractivity contribution < 1.29 is 0 Å². The number of nitrogens with two attached hydrogens (primary N) is 2. The fourth-order valence-corrected chi connectivity index (χ4v) is 1.77. The molecular weight excluding hydrogens is 224 g/mol. The molecule has 4 heteroatoms. The number of hydrogen-bond donors (Lipinski definition) is 4. The van der Waals surface area contributed by atoms with Crippen molar-refractivity contribution in [3.63, 3.8) is 0 Å². The van der Waals surface area contributed by atoms with E-state index < -0.39 is 0 Å². The van der Waals surface area contributed by atoms with Crippen molar-refractivity contribution in [3.05, 3.63) is 35.4 Å². The lowest BCUT2D eigenvalue weighted by molar-refractivity contribution is 0.590. The Labute approximate surface area is 110 Å². The van der Waals surface area contributed by atoms with E-state index in [9.17, 15) is 0 Å². The average molecular weight is 250 g/mol. The predicted molar refractivity (Wildman–Crippen MR) is 77.2 cm³/mol. The third kappa shape index (κ3) is 6.12. The zero-order valence-corrected chi connectivity index (χ0v) is 11.4. The SMILES string of the molecule is CC(N)CNCc1ccccc1CNCC(C)N. The molecular formula is C14H26N4. The van der Waals surface area contributed by atoms with Gasteiger partial charge in [0.05, 0.1) is 0 Å². The van der Waals surface area contributed by atoms with Gasteiger partial charge in [-0.05, 0) is 25.0 Å². The third-order valence-corrected chi connectivity index (χ3v) is 2.68. The highest BCUT2D eigenvalue weighted by atomic mass is 14.9. The highest BCUT2D eigenvalue weighted by Gasteiger charge is 2.02. The summed E-state index contributed by atoms with van der Waals surface area (Å²) in [5.41, 5.74) is 14.1. The van der Waals surface area contributed by atoms with Crippen LogP contribution in [-0.2, 0) is 13.1 Å². The van der Waals surface area contributed by atoms with Gasteiger partial charge in [0.1, 0.15) is 0 Å².